The number of halogens is 2. The predicted molar refractivity (Wildman–Crippen MR) is 99.7 cm³/mol. The number of amides is 3. The first kappa shape index (κ1) is 19.2. The Morgan fingerprint density at radius 1 is 1.12 bits per heavy atom. The summed E-state index contributed by atoms with van der Waals surface area (Å²) in [5.41, 5.74) is 0.870. The van der Waals surface area contributed by atoms with Gasteiger partial charge in [-0.1, -0.05) is 42.1 Å². The molecular formula is C19H22Cl2N2O3. The predicted octanol–water partition coefficient (Wildman–Crippen LogP) is 3.52. The molecule has 1 saturated carbocycles. The number of likely N-dealkylation sites (tertiary alicyclic amines) is 1. The van der Waals surface area contributed by atoms with Gasteiger partial charge in [-0.15, -0.1) is 0 Å². The van der Waals surface area contributed by atoms with Crippen molar-refractivity contribution in [2.24, 2.45) is 11.8 Å². The molecule has 0 radical (unpaired) electrons. The van der Waals surface area contributed by atoms with Crippen LogP contribution in [0.5, 0.6) is 0 Å². The van der Waals surface area contributed by atoms with Crippen LogP contribution in [0.4, 0.5) is 0 Å². The molecule has 0 bridgehead atoms. The third kappa shape index (κ3) is 3.89. The third-order valence-electron chi connectivity index (χ3n) is 5.31. The van der Waals surface area contributed by atoms with Gasteiger partial charge >= 0.3 is 0 Å². The van der Waals surface area contributed by atoms with Crippen molar-refractivity contribution in [3.8, 4) is 0 Å². The fourth-order valence-electron chi connectivity index (χ4n) is 3.85. The topological polar surface area (TPSA) is 57.7 Å². The molecule has 0 unspecified atom stereocenters. The maximum Gasteiger partial charge on any atom is 0.233 e. The Morgan fingerprint density at radius 3 is 2.31 bits per heavy atom. The summed E-state index contributed by atoms with van der Waals surface area (Å²) in [4.78, 5) is 40.2. The molecule has 140 valence electrons. The molecule has 1 aromatic rings. The smallest absolute Gasteiger partial charge is 0.233 e. The van der Waals surface area contributed by atoms with Gasteiger partial charge in [0.05, 0.1) is 21.9 Å². The number of hydrogen-bond donors (Lipinski definition) is 0. The lowest BCUT2D eigenvalue weighted by atomic mass is 9.81. The van der Waals surface area contributed by atoms with Gasteiger partial charge in [-0.05, 0) is 30.5 Å². The van der Waals surface area contributed by atoms with Crippen LogP contribution in [0.25, 0.3) is 0 Å². The molecule has 1 aromatic carbocycles. The number of carbonyl (C=O) groups is 3. The lowest BCUT2D eigenvalue weighted by Crippen LogP contribution is -2.36. The molecule has 0 aromatic heterocycles. The van der Waals surface area contributed by atoms with Crippen LogP contribution in [0, 0.1) is 11.8 Å². The first-order valence-electron chi connectivity index (χ1n) is 8.91. The highest BCUT2D eigenvalue weighted by Crippen LogP contribution is 2.38. The molecule has 7 heteroatoms. The second-order valence-corrected chi connectivity index (χ2v) is 7.89. The summed E-state index contributed by atoms with van der Waals surface area (Å²) >= 11 is 11.9. The number of imide groups is 1. The molecule has 3 amide bonds. The average molecular weight is 397 g/mol. The summed E-state index contributed by atoms with van der Waals surface area (Å²) in [7, 11) is 1.69. The molecule has 0 spiro atoms. The zero-order chi connectivity index (χ0) is 18.8. The molecule has 3 rings (SSSR count). The van der Waals surface area contributed by atoms with E-state index in [1.54, 1.807) is 24.1 Å². The van der Waals surface area contributed by atoms with Gasteiger partial charge in [-0.2, -0.15) is 0 Å². The Bertz CT molecular complexity index is 713. The number of benzene rings is 1. The molecule has 2 aliphatic rings. The summed E-state index contributed by atoms with van der Waals surface area (Å²) in [5.74, 6) is -0.647. The molecule has 1 saturated heterocycles. The number of hydrogen-bond acceptors (Lipinski definition) is 3. The van der Waals surface area contributed by atoms with Gasteiger partial charge in [-0.25, -0.2) is 0 Å². The van der Waals surface area contributed by atoms with Crippen molar-refractivity contribution in [2.75, 3.05) is 13.6 Å². The highest BCUT2D eigenvalue weighted by Gasteiger charge is 2.47. The highest BCUT2D eigenvalue weighted by molar-refractivity contribution is 6.42. The summed E-state index contributed by atoms with van der Waals surface area (Å²) in [6.45, 7) is 0.554. The second-order valence-electron chi connectivity index (χ2n) is 7.07. The van der Waals surface area contributed by atoms with Crippen LogP contribution in [0.15, 0.2) is 18.2 Å². The Labute approximate surface area is 163 Å². The fourth-order valence-corrected chi connectivity index (χ4v) is 4.17. The molecular weight excluding hydrogens is 375 g/mol. The monoisotopic (exact) mass is 396 g/mol. The summed E-state index contributed by atoms with van der Waals surface area (Å²) < 4.78 is 0. The first-order chi connectivity index (χ1) is 12.4. The van der Waals surface area contributed by atoms with Gasteiger partial charge in [-0.3, -0.25) is 19.3 Å². The van der Waals surface area contributed by atoms with E-state index in [-0.39, 0.29) is 42.5 Å². The number of fused-ring (bicyclic) bond motifs is 1. The highest BCUT2D eigenvalue weighted by atomic mass is 35.5. The van der Waals surface area contributed by atoms with Gasteiger partial charge in [0.15, 0.2) is 0 Å². The zero-order valence-corrected chi connectivity index (χ0v) is 16.2. The van der Waals surface area contributed by atoms with Crippen molar-refractivity contribution in [1.82, 2.24) is 9.80 Å². The lowest BCUT2D eigenvalue weighted by molar-refractivity contribution is -0.140. The van der Waals surface area contributed by atoms with Crippen LogP contribution < -0.4 is 0 Å². The minimum Gasteiger partial charge on any atom is -0.341 e. The van der Waals surface area contributed by atoms with Crippen molar-refractivity contribution in [3.05, 3.63) is 33.8 Å². The van der Waals surface area contributed by atoms with E-state index >= 15 is 0 Å². The van der Waals surface area contributed by atoms with E-state index in [0.717, 1.165) is 31.2 Å². The van der Waals surface area contributed by atoms with Crippen LogP contribution in [-0.2, 0) is 20.9 Å². The van der Waals surface area contributed by atoms with E-state index in [1.807, 2.05) is 6.07 Å². The van der Waals surface area contributed by atoms with Gasteiger partial charge in [0.1, 0.15) is 0 Å². The van der Waals surface area contributed by atoms with E-state index in [1.165, 1.54) is 4.90 Å². The van der Waals surface area contributed by atoms with E-state index < -0.39 is 0 Å². The van der Waals surface area contributed by atoms with Crippen LogP contribution in [0.2, 0.25) is 10.0 Å². The first-order valence-corrected chi connectivity index (χ1v) is 9.67. The van der Waals surface area contributed by atoms with Crippen LogP contribution >= 0.6 is 23.2 Å². The van der Waals surface area contributed by atoms with Crippen molar-refractivity contribution in [1.29, 1.82) is 0 Å². The molecule has 2 atom stereocenters. The number of rotatable bonds is 5. The lowest BCUT2D eigenvalue weighted by Gasteiger charge is -2.20. The number of carbonyl (C=O) groups excluding carboxylic acids is 3. The fraction of sp³-hybridized carbons (Fsp3) is 0.526. The Balaban J connectivity index is 1.55. The second kappa shape index (κ2) is 7.97. The Morgan fingerprint density at radius 2 is 1.73 bits per heavy atom. The molecule has 1 heterocycles. The van der Waals surface area contributed by atoms with Gasteiger partial charge < -0.3 is 4.90 Å². The third-order valence-corrected chi connectivity index (χ3v) is 6.05. The number of nitrogens with zero attached hydrogens (tertiary/aromatic N) is 2. The standard InChI is InChI=1S/C19H22Cl2N2O3/c1-22(11-12-6-7-15(20)16(21)10-12)17(24)8-9-23-18(25)13-4-2-3-5-14(13)19(23)26/h6-7,10,13-14H,2-5,8-9,11H2,1H3/t13-,14+. The van der Waals surface area contributed by atoms with E-state index in [2.05, 4.69) is 0 Å². The van der Waals surface area contributed by atoms with E-state index in [9.17, 15) is 14.4 Å². The molecule has 1 aliphatic heterocycles. The Kier molecular flexibility index (Phi) is 5.88. The van der Waals surface area contributed by atoms with Crippen molar-refractivity contribution < 1.29 is 14.4 Å². The molecule has 1 aliphatic carbocycles. The van der Waals surface area contributed by atoms with E-state index in [0.29, 0.717) is 16.6 Å². The van der Waals surface area contributed by atoms with Crippen molar-refractivity contribution in [2.45, 2.75) is 38.6 Å². The van der Waals surface area contributed by atoms with Crippen LogP contribution in [-0.4, -0.2) is 41.1 Å². The quantitative estimate of drug-likeness (QED) is 0.715. The van der Waals surface area contributed by atoms with E-state index in [4.69, 9.17) is 23.2 Å². The zero-order valence-electron chi connectivity index (χ0n) is 14.7. The Hall–Kier alpha value is -1.59. The minimum absolute atomic E-state index is 0.0976. The molecule has 2 fully saturated rings. The minimum atomic E-state index is -0.166. The molecule has 0 N–H and O–H groups in total. The summed E-state index contributed by atoms with van der Waals surface area (Å²) in [6, 6.07) is 5.24. The van der Waals surface area contributed by atoms with Gasteiger partial charge in [0.2, 0.25) is 17.7 Å². The average Bonchev–Trinajstić information content (AvgIpc) is 2.87. The molecule has 26 heavy (non-hydrogen) atoms. The van der Waals surface area contributed by atoms with Crippen molar-refractivity contribution >= 4 is 40.9 Å². The van der Waals surface area contributed by atoms with Crippen LogP contribution in [0.3, 0.4) is 0 Å². The summed E-state index contributed by atoms with van der Waals surface area (Å²) in [5, 5.41) is 0.915. The van der Waals surface area contributed by atoms with Crippen molar-refractivity contribution in [3.63, 3.8) is 0 Å². The van der Waals surface area contributed by atoms with Crippen LogP contribution in [0.1, 0.15) is 37.7 Å². The normalized spacial score (nSPS) is 22.5. The largest absolute Gasteiger partial charge is 0.341 e. The maximum atomic E-state index is 12.4. The molecule has 5 nitrogen and oxygen atoms in total. The van der Waals surface area contributed by atoms with Gasteiger partial charge in [0, 0.05) is 26.6 Å². The summed E-state index contributed by atoms with van der Waals surface area (Å²) in [6.07, 6.45) is 3.71. The maximum absolute atomic E-state index is 12.4. The SMILES string of the molecule is CN(Cc1ccc(Cl)c(Cl)c1)C(=O)CCN1C(=O)[C@H]2CCCC[C@H]2C1=O. The van der Waals surface area contributed by atoms with Gasteiger partial charge in [0.25, 0.3) is 0 Å².